The molecule has 104 valence electrons. The topological polar surface area (TPSA) is 90.9 Å². The average Bonchev–Trinajstić information content (AvgIpc) is 2.63. The number of nitrogens with two attached hydrogens (primary N) is 1. The second kappa shape index (κ2) is 6.29. The van der Waals surface area contributed by atoms with E-state index in [0.717, 1.165) is 0 Å². The predicted molar refractivity (Wildman–Crippen MR) is 70.6 cm³/mol. The number of aromatic nitrogens is 3. The standard InChI is InChI=1S/C11H22N4O2S/c1-4-10(12)6-18(16,17)7-11-13-8-14-15(11)5-9(2)3/h8-10H,4-7,12H2,1-3H3. The molecule has 0 bridgehead atoms. The first-order valence-corrected chi connectivity index (χ1v) is 7.99. The molecule has 1 heterocycles. The first-order valence-electron chi connectivity index (χ1n) is 6.16. The van der Waals surface area contributed by atoms with E-state index in [4.69, 9.17) is 5.73 Å². The summed E-state index contributed by atoms with van der Waals surface area (Å²) in [6.07, 6.45) is 2.05. The summed E-state index contributed by atoms with van der Waals surface area (Å²) in [4.78, 5) is 4.02. The van der Waals surface area contributed by atoms with Gasteiger partial charge in [-0.05, 0) is 12.3 Å². The fourth-order valence-electron chi connectivity index (χ4n) is 1.60. The smallest absolute Gasteiger partial charge is 0.159 e. The molecule has 1 unspecified atom stereocenters. The highest BCUT2D eigenvalue weighted by molar-refractivity contribution is 7.90. The van der Waals surface area contributed by atoms with E-state index in [1.807, 2.05) is 20.8 Å². The summed E-state index contributed by atoms with van der Waals surface area (Å²) in [5.41, 5.74) is 5.68. The molecule has 0 radical (unpaired) electrons. The Bertz CT molecular complexity index is 467. The summed E-state index contributed by atoms with van der Waals surface area (Å²) >= 11 is 0. The molecule has 0 aliphatic heterocycles. The monoisotopic (exact) mass is 274 g/mol. The molecule has 0 saturated carbocycles. The minimum absolute atomic E-state index is 0.00195. The Hall–Kier alpha value is -0.950. The van der Waals surface area contributed by atoms with E-state index in [1.54, 1.807) is 4.68 Å². The van der Waals surface area contributed by atoms with Gasteiger partial charge in [0, 0.05) is 12.6 Å². The summed E-state index contributed by atoms with van der Waals surface area (Å²) in [5, 5.41) is 4.05. The summed E-state index contributed by atoms with van der Waals surface area (Å²) in [6, 6.07) is -0.309. The zero-order chi connectivity index (χ0) is 13.8. The molecule has 18 heavy (non-hydrogen) atoms. The highest BCUT2D eigenvalue weighted by Gasteiger charge is 2.19. The fourth-order valence-corrected chi connectivity index (χ4v) is 3.22. The van der Waals surface area contributed by atoms with Crippen LogP contribution in [0, 0.1) is 5.92 Å². The van der Waals surface area contributed by atoms with Crippen molar-refractivity contribution in [3.63, 3.8) is 0 Å². The minimum atomic E-state index is -3.22. The number of rotatable bonds is 7. The largest absolute Gasteiger partial charge is 0.327 e. The molecule has 0 saturated heterocycles. The molecule has 1 atom stereocenters. The first-order chi connectivity index (χ1) is 8.34. The van der Waals surface area contributed by atoms with Crippen LogP contribution < -0.4 is 5.73 Å². The van der Waals surface area contributed by atoms with Gasteiger partial charge in [0.25, 0.3) is 0 Å². The lowest BCUT2D eigenvalue weighted by Crippen LogP contribution is -2.30. The SMILES string of the molecule is CCC(N)CS(=O)(=O)Cc1ncnn1CC(C)C. The van der Waals surface area contributed by atoms with Gasteiger partial charge >= 0.3 is 0 Å². The van der Waals surface area contributed by atoms with Gasteiger partial charge in [-0.3, -0.25) is 0 Å². The van der Waals surface area contributed by atoms with Gasteiger partial charge in [-0.2, -0.15) is 5.10 Å². The molecule has 6 nitrogen and oxygen atoms in total. The third-order valence-electron chi connectivity index (χ3n) is 2.58. The van der Waals surface area contributed by atoms with Gasteiger partial charge in [0.1, 0.15) is 17.9 Å². The normalized spacial score (nSPS) is 14.1. The van der Waals surface area contributed by atoms with Crippen molar-refractivity contribution in [3.8, 4) is 0 Å². The van der Waals surface area contributed by atoms with Crippen molar-refractivity contribution in [1.82, 2.24) is 14.8 Å². The average molecular weight is 274 g/mol. The highest BCUT2D eigenvalue weighted by atomic mass is 32.2. The second-order valence-corrected chi connectivity index (χ2v) is 7.08. The van der Waals surface area contributed by atoms with Crippen LogP contribution in [0.2, 0.25) is 0 Å². The Balaban J connectivity index is 2.75. The van der Waals surface area contributed by atoms with Crippen molar-refractivity contribution < 1.29 is 8.42 Å². The maximum atomic E-state index is 11.9. The second-order valence-electron chi connectivity index (χ2n) is 4.98. The van der Waals surface area contributed by atoms with Gasteiger partial charge in [0.15, 0.2) is 9.84 Å². The highest BCUT2D eigenvalue weighted by Crippen LogP contribution is 2.07. The predicted octanol–water partition coefficient (Wildman–Crippen LogP) is 0.586. The van der Waals surface area contributed by atoms with E-state index >= 15 is 0 Å². The van der Waals surface area contributed by atoms with Crippen molar-refractivity contribution in [3.05, 3.63) is 12.2 Å². The number of nitrogens with zero attached hydrogens (tertiary/aromatic N) is 3. The van der Waals surface area contributed by atoms with E-state index in [2.05, 4.69) is 10.1 Å². The fraction of sp³-hybridized carbons (Fsp3) is 0.818. The van der Waals surface area contributed by atoms with Crippen molar-refractivity contribution in [1.29, 1.82) is 0 Å². The van der Waals surface area contributed by atoms with E-state index < -0.39 is 9.84 Å². The summed E-state index contributed by atoms with van der Waals surface area (Å²) in [6.45, 7) is 6.64. The number of hydrogen-bond acceptors (Lipinski definition) is 5. The van der Waals surface area contributed by atoms with Crippen LogP contribution in [0.3, 0.4) is 0 Å². The van der Waals surface area contributed by atoms with E-state index in [9.17, 15) is 8.42 Å². The van der Waals surface area contributed by atoms with Gasteiger partial charge < -0.3 is 5.73 Å². The number of sulfone groups is 1. The summed E-state index contributed by atoms with van der Waals surface area (Å²) in [7, 11) is -3.22. The lowest BCUT2D eigenvalue weighted by atomic mass is 10.2. The van der Waals surface area contributed by atoms with Crippen LogP contribution in [0.1, 0.15) is 33.0 Å². The van der Waals surface area contributed by atoms with Crippen molar-refractivity contribution in [2.24, 2.45) is 11.7 Å². The van der Waals surface area contributed by atoms with Crippen LogP contribution in [-0.4, -0.2) is 35.0 Å². The Labute approximate surface area is 109 Å². The molecule has 0 aliphatic rings. The Morgan fingerprint density at radius 1 is 1.44 bits per heavy atom. The maximum absolute atomic E-state index is 11.9. The van der Waals surface area contributed by atoms with Gasteiger partial charge in [-0.15, -0.1) is 0 Å². The molecule has 0 spiro atoms. The molecule has 1 aromatic rings. The van der Waals surface area contributed by atoms with E-state index in [-0.39, 0.29) is 17.5 Å². The third-order valence-corrected chi connectivity index (χ3v) is 4.21. The Morgan fingerprint density at radius 3 is 2.67 bits per heavy atom. The molecule has 0 aliphatic carbocycles. The first kappa shape index (κ1) is 15.1. The summed E-state index contributed by atoms with van der Waals surface area (Å²) in [5.74, 6) is 0.795. The van der Waals surface area contributed by atoms with Crippen LogP contribution in [0.5, 0.6) is 0 Å². The van der Waals surface area contributed by atoms with Crippen molar-refractivity contribution in [2.75, 3.05) is 5.75 Å². The van der Waals surface area contributed by atoms with E-state index in [0.29, 0.717) is 24.7 Å². The third kappa shape index (κ3) is 4.73. The van der Waals surface area contributed by atoms with Crippen LogP contribution in [-0.2, 0) is 22.1 Å². The van der Waals surface area contributed by atoms with Gasteiger partial charge in [0.2, 0.25) is 0 Å². The van der Waals surface area contributed by atoms with E-state index in [1.165, 1.54) is 6.33 Å². The molecule has 1 rings (SSSR count). The molecule has 1 aromatic heterocycles. The van der Waals surface area contributed by atoms with Gasteiger partial charge in [0.05, 0.1) is 5.75 Å². The minimum Gasteiger partial charge on any atom is -0.327 e. The van der Waals surface area contributed by atoms with Crippen LogP contribution in [0.25, 0.3) is 0 Å². The molecule has 0 fully saturated rings. The number of hydrogen-bond donors (Lipinski definition) is 1. The Kier molecular flexibility index (Phi) is 5.28. The molecular weight excluding hydrogens is 252 g/mol. The lowest BCUT2D eigenvalue weighted by Gasteiger charge is -2.11. The molecule has 0 amide bonds. The Morgan fingerprint density at radius 2 is 2.11 bits per heavy atom. The van der Waals surface area contributed by atoms with Crippen molar-refractivity contribution in [2.45, 2.75) is 45.5 Å². The van der Waals surface area contributed by atoms with Crippen LogP contribution in [0.4, 0.5) is 0 Å². The van der Waals surface area contributed by atoms with Gasteiger partial charge in [-0.25, -0.2) is 18.1 Å². The van der Waals surface area contributed by atoms with Crippen molar-refractivity contribution >= 4 is 9.84 Å². The molecule has 2 N–H and O–H groups in total. The molecule has 0 aromatic carbocycles. The molecule has 7 heteroatoms. The lowest BCUT2D eigenvalue weighted by molar-refractivity contribution is 0.469. The summed E-state index contributed by atoms with van der Waals surface area (Å²) < 4.78 is 25.5. The zero-order valence-corrected chi connectivity index (χ0v) is 12.0. The van der Waals surface area contributed by atoms with Gasteiger partial charge in [-0.1, -0.05) is 20.8 Å². The maximum Gasteiger partial charge on any atom is 0.159 e. The zero-order valence-electron chi connectivity index (χ0n) is 11.2. The van der Waals surface area contributed by atoms with Crippen LogP contribution in [0.15, 0.2) is 6.33 Å². The molecular formula is C11H22N4O2S. The van der Waals surface area contributed by atoms with Crippen LogP contribution >= 0.6 is 0 Å². The quantitative estimate of drug-likeness (QED) is 0.785.